The van der Waals surface area contributed by atoms with Gasteiger partial charge in [-0.3, -0.25) is 19.8 Å². The average Bonchev–Trinajstić information content (AvgIpc) is 3.14. The van der Waals surface area contributed by atoms with Crippen LogP contribution in [0.1, 0.15) is 59.3 Å². The molecular weight excluding hydrogens is 719 g/mol. The Balaban J connectivity index is 0.000000277. The Kier molecular flexibility index (Phi) is 15.6. The molecule has 11 nitrogen and oxygen atoms in total. The molecule has 2 heterocycles. The first kappa shape index (κ1) is 42.7. The van der Waals surface area contributed by atoms with Crippen molar-refractivity contribution in [1.29, 1.82) is 0 Å². The number of hydrogen-bond acceptors (Lipinski definition) is 9. The van der Waals surface area contributed by atoms with Gasteiger partial charge in [0.05, 0.1) is 45.8 Å². The topological polar surface area (TPSA) is 130 Å². The standard InChI is InChI=1S/C20H22N2O5.C20H26N2O2.2ClH/c1-13-17-12-19(27-3)18(26-2)11-15(17)7-8-21(13)20(23)10-14-5-4-6-16(9-14)22(24)25;1-14-18-13-20(24-3)19(23-2)12-16(18)8-10-22(14)9-7-15-5-4-6-17(21)11-15;;/h4-6,9,11-13H,7-8,10H2,1-3H3;4-6,11-14H,7-10,21H2,1-3H3;2*1H. The van der Waals surface area contributed by atoms with E-state index in [9.17, 15) is 14.9 Å². The van der Waals surface area contributed by atoms with Crippen molar-refractivity contribution in [2.75, 3.05) is 53.8 Å². The maximum Gasteiger partial charge on any atom is 0.269 e. The molecule has 0 fully saturated rings. The Bertz CT molecular complexity index is 1880. The quantitative estimate of drug-likeness (QED) is 0.0986. The maximum atomic E-state index is 12.8. The van der Waals surface area contributed by atoms with Crippen molar-refractivity contribution in [2.45, 2.75) is 51.6 Å². The number of nitro groups is 1. The molecule has 6 rings (SSSR count). The molecule has 2 aliphatic heterocycles. The summed E-state index contributed by atoms with van der Waals surface area (Å²) in [5.41, 5.74) is 13.5. The fraction of sp³-hybridized carbons (Fsp3) is 0.375. The van der Waals surface area contributed by atoms with Gasteiger partial charge in [0.25, 0.3) is 5.69 Å². The molecule has 4 aromatic carbocycles. The lowest BCUT2D eigenvalue weighted by atomic mass is 9.92. The number of hydrogen-bond donors (Lipinski definition) is 1. The molecule has 53 heavy (non-hydrogen) atoms. The molecule has 0 aliphatic carbocycles. The van der Waals surface area contributed by atoms with Crippen molar-refractivity contribution < 1.29 is 28.7 Å². The highest BCUT2D eigenvalue weighted by Gasteiger charge is 2.29. The molecule has 13 heteroatoms. The number of nitrogen functional groups attached to an aromatic ring is 1. The molecular formula is C40H50Cl2N4O7. The molecule has 0 spiro atoms. The van der Waals surface area contributed by atoms with Crippen molar-refractivity contribution in [3.8, 4) is 23.0 Å². The number of carbonyl (C=O) groups is 1. The number of amides is 1. The first-order valence-corrected chi connectivity index (χ1v) is 17.2. The molecule has 2 aliphatic rings. The predicted molar refractivity (Wildman–Crippen MR) is 212 cm³/mol. The lowest BCUT2D eigenvalue weighted by Crippen LogP contribution is -2.39. The van der Waals surface area contributed by atoms with E-state index in [1.54, 1.807) is 40.6 Å². The molecule has 0 saturated heterocycles. The minimum Gasteiger partial charge on any atom is -0.493 e. The minimum atomic E-state index is -0.451. The van der Waals surface area contributed by atoms with Crippen LogP contribution >= 0.6 is 24.8 Å². The predicted octanol–water partition coefficient (Wildman–Crippen LogP) is 7.59. The molecule has 0 radical (unpaired) electrons. The first-order valence-electron chi connectivity index (χ1n) is 17.2. The summed E-state index contributed by atoms with van der Waals surface area (Å²) in [4.78, 5) is 27.7. The van der Waals surface area contributed by atoms with Crippen molar-refractivity contribution in [1.82, 2.24) is 9.80 Å². The second-order valence-electron chi connectivity index (χ2n) is 12.9. The van der Waals surface area contributed by atoms with E-state index in [2.05, 4.69) is 36.1 Å². The van der Waals surface area contributed by atoms with E-state index >= 15 is 0 Å². The second-order valence-corrected chi connectivity index (χ2v) is 12.9. The summed E-state index contributed by atoms with van der Waals surface area (Å²) in [6.45, 7) is 6.93. The number of non-ortho nitro benzene ring substituents is 1. The zero-order valence-electron chi connectivity index (χ0n) is 31.1. The van der Waals surface area contributed by atoms with E-state index in [4.69, 9.17) is 24.7 Å². The fourth-order valence-electron chi connectivity index (χ4n) is 7.06. The monoisotopic (exact) mass is 768 g/mol. The molecule has 286 valence electrons. The summed E-state index contributed by atoms with van der Waals surface area (Å²) in [5, 5.41) is 10.9. The van der Waals surface area contributed by atoms with Gasteiger partial charge in [-0.2, -0.15) is 0 Å². The van der Waals surface area contributed by atoms with Crippen LogP contribution in [0.2, 0.25) is 0 Å². The van der Waals surface area contributed by atoms with Crippen LogP contribution in [0.15, 0.2) is 72.8 Å². The van der Waals surface area contributed by atoms with Gasteiger partial charge in [-0.15, -0.1) is 24.8 Å². The van der Waals surface area contributed by atoms with Gasteiger partial charge in [0.2, 0.25) is 5.91 Å². The molecule has 1 amide bonds. The van der Waals surface area contributed by atoms with Gasteiger partial charge in [-0.25, -0.2) is 0 Å². The summed E-state index contributed by atoms with van der Waals surface area (Å²) in [6.07, 6.45) is 2.91. The Morgan fingerprint density at radius 3 is 1.85 bits per heavy atom. The van der Waals surface area contributed by atoms with Crippen LogP contribution in [0.5, 0.6) is 23.0 Å². The van der Waals surface area contributed by atoms with Crippen molar-refractivity contribution in [3.05, 3.63) is 116 Å². The lowest BCUT2D eigenvalue weighted by molar-refractivity contribution is -0.384. The Morgan fingerprint density at radius 1 is 0.755 bits per heavy atom. The zero-order valence-corrected chi connectivity index (χ0v) is 32.8. The summed E-state index contributed by atoms with van der Waals surface area (Å²) in [6, 6.07) is 22.8. The third kappa shape index (κ3) is 10.0. The third-order valence-corrected chi connectivity index (χ3v) is 9.93. The summed E-state index contributed by atoms with van der Waals surface area (Å²) in [7, 11) is 6.57. The van der Waals surface area contributed by atoms with Crippen molar-refractivity contribution >= 4 is 42.1 Å². The largest absolute Gasteiger partial charge is 0.493 e. The number of ether oxygens (including phenoxy) is 4. The first-order chi connectivity index (χ1) is 24.6. The number of rotatable bonds is 10. The van der Waals surface area contributed by atoms with Crippen LogP contribution in [0.3, 0.4) is 0 Å². The molecule has 0 aromatic heterocycles. The Labute approximate surface area is 324 Å². The highest BCUT2D eigenvalue weighted by molar-refractivity contribution is 5.85. The van der Waals surface area contributed by atoms with Crippen LogP contribution in [-0.4, -0.2) is 68.7 Å². The van der Waals surface area contributed by atoms with Gasteiger partial charge in [-0.1, -0.05) is 24.3 Å². The number of nitro benzene ring substituents is 1. The summed E-state index contributed by atoms with van der Waals surface area (Å²) < 4.78 is 21.6. The Morgan fingerprint density at radius 2 is 1.28 bits per heavy atom. The highest BCUT2D eigenvalue weighted by Crippen LogP contribution is 2.39. The number of fused-ring (bicyclic) bond motifs is 2. The van der Waals surface area contributed by atoms with E-state index in [0.717, 1.165) is 60.7 Å². The third-order valence-electron chi connectivity index (χ3n) is 9.93. The summed E-state index contributed by atoms with van der Waals surface area (Å²) in [5.74, 6) is 2.89. The van der Waals surface area contributed by atoms with Gasteiger partial charge in [0.1, 0.15) is 0 Å². The molecule has 2 N–H and O–H groups in total. The zero-order chi connectivity index (χ0) is 36.7. The minimum absolute atomic E-state index is 0. The number of anilines is 1. The molecule has 2 atom stereocenters. The number of nitrogens with two attached hydrogens (primary N) is 1. The van der Waals surface area contributed by atoms with Crippen LogP contribution in [0, 0.1) is 10.1 Å². The van der Waals surface area contributed by atoms with Crippen LogP contribution in [0.25, 0.3) is 0 Å². The van der Waals surface area contributed by atoms with Gasteiger partial charge < -0.3 is 29.6 Å². The maximum absolute atomic E-state index is 12.8. The number of nitrogens with zero attached hydrogens (tertiary/aromatic N) is 3. The van der Waals surface area contributed by atoms with E-state index in [1.807, 2.05) is 36.1 Å². The van der Waals surface area contributed by atoms with E-state index in [1.165, 1.54) is 28.8 Å². The van der Waals surface area contributed by atoms with Gasteiger partial charge >= 0.3 is 0 Å². The lowest BCUT2D eigenvalue weighted by Gasteiger charge is -2.36. The highest BCUT2D eigenvalue weighted by atomic mass is 35.5. The number of carbonyl (C=O) groups excluding carboxylic acids is 1. The van der Waals surface area contributed by atoms with Gasteiger partial charge in [-0.05, 0) is 103 Å². The number of methoxy groups -OCH3 is 4. The van der Waals surface area contributed by atoms with Crippen LogP contribution < -0.4 is 24.7 Å². The summed E-state index contributed by atoms with van der Waals surface area (Å²) >= 11 is 0. The fourth-order valence-corrected chi connectivity index (χ4v) is 7.06. The van der Waals surface area contributed by atoms with Crippen LogP contribution in [-0.2, 0) is 30.5 Å². The smallest absolute Gasteiger partial charge is 0.269 e. The normalized spacial score (nSPS) is 15.9. The SMILES string of the molecule is COc1cc2c(cc1OC)C(C)N(C(=O)Cc1cccc([N+](=O)[O-])c1)CC2.COc1cc2c(cc1OC)C(C)N(CCc1cccc(N)c1)CC2.Cl.Cl. The van der Waals surface area contributed by atoms with Gasteiger partial charge in [0.15, 0.2) is 23.0 Å². The number of halogens is 2. The van der Waals surface area contributed by atoms with E-state index in [-0.39, 0.29) is 48.9 Å². The molecule has 0 bridgehead atoms. The van der Waals surface area contributed by atoms with E-state index < -0.39 is 4.92 Å². The molecule has 2 unspecified atom stereocenters. The van der Waals surface area contributed by atoms with Gasteiger partial charge in [0, 0.05) is 43.5 Å². The van der Waals surface area contributed by atoms with Crippen molar-refractivity contribution in [2.24, 2.45) is 0 Å². The molecule has 4 aromatic rings. The van der Waals surface area contributed by atoms with E-state index in [0.29, 0.717) is 29.6 Å². The number of benzene rings is 4. The average molecular weight is 770 g/mol. The van der Waals surface area contributed by atoms with Crippen LogP contribution in [0.4, 0.5) is 11.4 Å². The second kappa shape index (κ2) is 19.4. The Hall–Kier alpha value is -4.71. The van der Waals surface area contributed by atoms with Crippen molar-refractivity contribution in [3.63, 3.8) is 0 Å². The molecule has 0 saturated carbocycles.